The second-order valence-electron chi connectivity index (χ2n) is 15.4. The van der Waals surface area contributed by atoms with E-state index in [9.17, 15) is 9.90 Å². The minimum absolute atomic E-state index is 0.0387. The molecule has 0 fully saturated rings. The summed E-state index contributed by atoms with van der Waals surface area (Å²) in [6.07, 6.45) is 1.39. The highest BCUT2D eigenvalue weighted by Crippen LogP contribution is 2.49. The van der Waals surface area contributed by atoms with E-state index in [-0.39, 0.29) is 38.0 Å². The number of aliphatic hydroxyl groups is 1. The number of rotatable bonds is 15. The van der Waals surface area contributed by atoms with Crippen LogP contribution in [0.2, 0.25) is 0 Å². The van der Waals surface area contributed by atoms with E-state index in [4.69, 9.17) is 9.47 Å². The Morgan fingerprint density at radius 1 is 0.726 bits per heavy atom. The molecule has 1 aliphatic heterocycles. The quantitative estimate of drug-likeness (QED) is 0.0629. The zero-order valence-electron chi connectivity index (χ0n) is 34.6. The number of esters is 1. The molecule has 0 radical (unpaired) electrons. The fraction of sp³-hybridized carbons (Fsp3) is 0.167. The summed E-state index contributed by atoms with van der Waals surface area (Å²) in [5.41, 5.74) is 6.96. The first kappa shape index (κ1) is 41.4. The number of hydrogen-bond acceptors (Lipinski definition) is 6. The Morgan fingerprint density at radius 3 is 1.95 bits per heavy atom. The van der Waals surface area contributed by atoms with E-state index in [1.807, 2.05) is 169 Å². The van der Waals surface area contributed by atoms with Gasteiger partial charge in [-0.3, -0.25) is 19.3 Å². The Kier molecular flexibility index (Phi) is 12.7. The van der Waals surface area contributed by atoms with Crippen molar-refractivity contribution < 1.29 is 29.0 Å². The van der Waals surface area contributed by atoms with Crippen molar-refractivity contribution in [3.63, 3.8) is 0 Å². The third-order valence-electron chi connectivity index (χ3n) is 11.4. The molecule has 1 N–H and O–H groups in total. The summed E-state index contributed by atoms with van der Waals surface area (Å²) in [6.45, 7) is 5.75. The van der Waals surface area contributed by atoms with Crippen molar-refractivity contribution in [3.8, 4) is 28.0 Å². The highest BCUT2D eigenvalue weighted by molar-refractivity contribution is 6.09. The molecule has 7 aromatic rings. The number of hydrogen-bond donors (Lipinski definition) is 1. The Labute approximate surface area is 362 Å². The SMILES string of the molecule is C=CCC(OC(C)=O)[C@@H]1[C@@H](N(Cc2cccc3ccccc23)C(=O)c2ccc(-c3ccccc3)cc2)c2cc(OCCCO)ccc2N1C(=O)c1ccc(-c2ccccc2)cc1. The number of benzene rings is 7. The number of nitrogens with zero attached hydrogens (tertiary/aromatic N) is 2. The third-order valence-corrected chi connectivity index (χ3v) is 11.4. The molecule has 0 saturated heterocycles. The van der Waals surface area contributed by atoms with Gasteiger partial charge in [-0.25, -0.2) is 0 Å². The predicted molar refractivity (Wildman–Crippen MR) is 245 cm³/mol. The first-order valence-electron chi connectivity index (χ1n) is 20.9. The molecular weight excluding hydrogens is 773 g/mol. The molecule has 0 saturated carbocycles. The summed E-state index contributed by atoms with van der Waals surface area (Å²) in [6, 6.07) is 52.8. The Morgan fingerprint density at radius 2 is 1.32 bits per heavy atom. The first-order valence-corrected chi connectivity index (χ1v) is 20.9. The zero-order valence-corrected chi connectivity index (χ0v) is 34.6. The van der Waals surface area contributed by atoms with Gasteiger partial charge in [0.05, 0.1) is 24.4 Å². The number of anilines is 1. The maximum atomic E-state index is 15.5. The Balaban J connectivity index is 1.31. The maximum Gasteiger partial charge on any atom is 0.302 e. The van der Waals surface area contributed by atoms with Gasteiger partial charge in [-0.2, -0.15) is 0 Å². The smallest absolute Gasteiger partial charge is 0.302 e. The molecule has 0 bridgehead atoms. The summed E-state index contributed by atoms with van der Waals surface area (Å²) in [7, 11) is 0. The van der Waals surface area contributed by atoms with Crippen LogP contribution in [0, 0.1) is 0 Å². The molecule has 8 rings (SSSR count). The molecule has 62 heavy (non-hydrogen) atoms. The molecule has 310 valence electrons. The van der Waals surface area contributed by atoms with Crippen LogP contribution in [-0.2, 0) is 16.1 Å². The minimum Gasteiger partial charge on any atom is -0.493 e. The van der Waals surface area contributed by atoms with Crippen LogP contribution in [0.3, 0.4) is 0 Å². The summed E-state index contributed by atoms with van der Waals surface area (Å²) in [5.74, 6) is -0.604. The number of carbonyl (C=O) groups is 3. The van der Waals surface area contributed by atoms with Gasteiger partial charge in [0.1, 0.15) is 11.9 Å². The number of ether oxygens (including phenoxy) is 2. The van der Waals surface area contributed by atoms with Crippen molar-refractivity contribution in [2.24, 2.45) is 0 Å². The molecular formula is C54H48N2O6. The minimum atomic E-state index is -0.906. The topological polar surface area (TPSA) is 96.4 Å². The Bertz CT molecular complexity index is 2680. The van der Waals surface area contributed by atoms with Crippen LogP contribution >= 0.6 is 0 Å². The van der Waals surface area contributed by atoms with Crippen LogP contribution in [0.4, 0.5) is 5.69 Å². The number of aliphatic hydroxyl groups excluding tert-OH is 1. The van der Waals surface area contributed by atoms with Crippen LogP contribution in [-0.4, -0.2) is 53.1 Å². The fourth-order valence-electron chi connectivity index (χ4n) is 8.51. The van der Waals surface area contributed by atoms with E-state index in [1.54, 1.807) is 17.0 Å². The van der Waals surface area contributed by atoms with Crippen molar-refractivity contribution in [2.75, 3.05) is 18.1 Å². The highest BCUT2D eigenvalue weighted by Gasteiger charge is 2.51. The Hall–Kier alpha value is -7.29. The molecule has 1 aliphatic rings. The average molecular weight is 821 g/mol. The molecule has 8 heteroatoms. The van der Waals surface area contributed by atoms with Crippen LogP contribution in [0.5, 0.6) is 5.75 Å². The zero-order chi connectivity index (χ0) is 43.0. The van der Waals surface area contributed by atoms with E-state index in [2.05, 4.69) is 6.58 Å². The maximum absolute atomic E-state index is 15.5. The largest absolute Gasteiger partial charge is 0.493 e. The van der Waals surface area contributed by atoms with Crippen molar-refractivity contribution >= 4 is 34.2 Å². The number of fused-ring (bicyclic) bond motifs is 2. The van der Waals surface area contributed by atoms with Crippen LogP contribution in [0.1, 0.15) is 57.7 Å². The summed E-state index contributed by atoms with van der Waals surface area (Å²) >= 11 is 0. The lowest BCUT2D eigenvalue weighted by Gasteiger charge is -2.39. The summed E-state index contributed by atoms with van der Waals surface area (Å²) in [5, 5.41) is 11.6. The second kappa shape index (κ2) is 19.0. The van der Waals surface area contributed by atoms with E-state index in [1.165, 1.54) is 6.92 Å². The van der Waals surface area contributed by atoms with Crippen molar-refractivity contribution in [3.05, 3.63) is 205 Å². The number of amides is 2. The van der Waals surface area contributed by atoms with Crippen molar-refractivity contribution in [1.82, 2.24) is 4.90 Å². The first-order chi connectivity index (χ1) is 30.3. The third kappa shape index (κ3) is 8.78. The van der Waals surface area contributed by atoms with Gasteiger partial charge < -0.3 is 19.5 Å². The van der Waals surface area contributed by atoms with E-state index in [0.717, 1.165) is 38.6 Å². The highest BCUT2D eigenvalue weighted by atomic mass is 16.5. The lowest BCUT2D eigenvalue weighted by atomic mass is 9.93. The van der Waals surface area contributed by atoms with Crippen LogP contribution in [0.15, 0.2) is 183 Å². The van der Waals surface area contributed by atoms with Gasteiger partial charge in [-0.05, 0) is 81.1 Å². The van der Waals surface area contributed by atoms with E-state index >= 15 is 9.59 Å². The van der Waals surface area contributed by atoms with Gasteiger partial charge in [0.15, 0.2) is 0 Å². The van der Waals surface area contributed by atoms with Gasteiger partial charge in [-0.1, -0.05) is 133 Å². The van der Waals surface area contributed by atoms with Gasteiger partial charge in [0, 0.05) is 49.6 Å². The van der Waals surface area contributed by atoms with E-state index in [0.29, 0.717) is 34.5 Å². The molecule has 0 aromatic heterocycles. The standard InChI is InChI=1S/C54H48N2O6/c1-3-14-50(62-37(2)58)52-51(48-35-46(61-34-13-33-57)31-32-49(48)56(52)54(60)44-29-25-41(26-30-44)39-17-8-5-9-18-39)55(36-45-21-12-20-42-19-10-11-22-47(42)45)53(59)43-27-23-40(24-28-43)38-15-6-4-7-16-38/h3-12,15-32,35,50-52,57H,1,13-14,33-34,36H2,2H3/t50?,51-,52+/m0/s1. The lowest BCUT2D eigenvalue weighted by molar-refractivity contribution is -0.147. The predicted octanol–water partition coefficient (Wildman–Crippen LogP) is 10.9. The van der Waals surface area contributed by atoms with Gasteiger partial charge in [-0.15, -0.1) is 6.58 Å². The van der Waals surface area contributed by atoms with Gasteiger partial charge in [0.2, 0.25) is 0 Å². The average Bonchev–Trinajstić information content (AvgIpc) is 3.65. The second-order valence-corrected chi connectivity index (χ2v) is 15.4. The summed E-state index contributed by atoms with van der Waals surface area (Å²) in [4.78, 5) is 47.3. The van der Waals surface area contributed by atoms with E-state index < -0.39 is 24.2 Å². The lowest BCUT2D eigenvalue weighted by Crippen LogP contribution is -2.52. The van der Waals surface area contributed by atoms with Crippen molar-refractivity contribution in [1.29, 1.82) is 0 Å². The molecule has 3 atom stereocenters. The van der Waals surface area contributed by atoms with Gasteiger partial charge in [0.25, 0.3) is 11.8 Å². The molecule has 7 aromatic carbocycles. The fourth-order valence-corrected chi connectivity index (χ4v) is 8.51. The molecule has 2 amide bonds. The summed E-state index contributed by atoms with van der Waals surface area (Å²) < 4.78 is 12.3. The molecule has 1 heterocycles. The molecule has 1 unspecified atom stereocenters. The molecule has 8 nitrogen and oxygen atoms in total. The molecule has 0 spiro atoms. The van der Waals surface area contributed by atoms with Gasteiger partial charge >= 0.3 is 5.97 Å². The van der Waals surface area contributed by atoms with Crippen LogP contribution in [0.25, 0.3) is 33.0 Å². The normalized spacial score (nSPS) is 14.8. The van der Waals surface area contributed by atoms with Crippen LogP contribution < -0.4 is 9.64 Å². The van der Waals surface area contributed by atoms with Crippen molar-refractivity contribution in [2.45, 2.75) is 44.5 Å². The number of carbonyl (C=O) groups excluding carboxylic acids is 3. The molecule has 0 aliphatic carbocycles. The monoisotopic (exact) mass is 820 g/mol.